The molecule has 1 fully saturated rings. The number of carbonyl (C=O) groups is 3. The molecule has 0 spiro atoms. The molecule has 3 amide bonds. The van der Waals surface area contributed by atoms with E-state index < -0.39 is 0 Å². The van der Waals surface area contributed by atoms with Gasteiger partial charge in [0.2, 0.25) is 17.7 Å². The minimum atomic E-state index is -0.204. The van der Waals surface area contributed by atoms with Gasteiger partial charge in [-0.3, -0.25) is 19.3 Å². The van der Waals surface area contributed by atoms with Crippen molar-refractivity contribution in [3.05, 3.63) is 54.1 Å². The maximum atomic E-state index is 12.3. The normalized spacial score (nSPS) is 13.6. The second-order valence-corrected chi connectivity index (χ2v) is 7.48. The van der Waals surface area contributed by atoms with Crippen molar-refractivity contribution in [2.75, 3.05) is 42.2 Å². The summed E-state index contributed by atoms with van der Waals surface area (Å²) in [5.74, 6) is -0.233. The highest BCUT2D eigenvalue weighted by atomic mass is 16.2. The number of hydrogen-bond acceptors (Lipinski definition) is 4. The summed E-state index contributed by atoms with van der Waals surface area (Å²) >= 11 is 0. The number of rotatable bonds is 8. The van der Waals surface area contributed by atoms with E-state index in [1.54, 1.807) is 29.0 Å². The average molecular weight is 409 g/mol. The molecule has 2 N–H and O–H groups in total. The van der Waals surface area contributed by atoms with E-state index in [0.29, 0.717) is 12.1 Å². The van der Waals surface area contributed by atoms with Crippen LogP contribution in [0, 0.1) is 0 Å². The number of para-hydroxylation sites is 1. The first-order chi connectivity index (χ1) is 14.5. The summed E-state index contributed by atoms with van der Waals surface area (Å²) in [4.78, 5) is 39.8. The molecule has 158 valence electrons. The third kappa shape index (κ3) is 5.67. The minimum Gasteiger partial charge on any atom is -0.325 e. The van der Waals surface area contributed by atoms with E-state index in [9.17, 15) is 14.4 Å². The van der Waals surface area contributed by atoms with Gasteiger partial charge in [-0.05, 0) is 55.8 Å². The fourth-order valence-electron chi connectivity index (χ4n) is 3.53. The fourth-order valence-corrected chi connectivity index (χ4v) is 3.53. The number of aryl methyl sites for hydroxylation is 1. The van der Waals surface area contributed by atoms with E-state index in [4.69, 9.17) is 0 Å². The Morgan fingerprint density at radius 3 is 2.30 bits per heavy atom. The molecule has 3 rings (SSSR count). The molecular weight excluding hydrogens is 380 g/mol. The Kier molecular flexibility index (Phi) is 7.19. The third-order valence-corrected chi connectivity index (χ3v) is 5.04. The number of nitrogens with zero attached hydrogens (tertiary/aromatic N) is 2. The molecule has 0 bridgehead atoms. The molecule has 1 saturated heterocycles. The van der Waals surface area contributed by atoms with E-state index in [1.165, 1.54) is 0 Å². The van der Waals surface area contributed by atoms with Crippen LogP contribution in [0.5, 0.6) is 0 Å². The number of likely N-dealkylation sites (N-methyl/N-ethyl adjacent to an activating group) is 1. The predicted octanol–water partition coefficient (Wildman–Crippen LogP) is 2.88. The summed E-state index contributed by atoms with van der Waals surface area (Å²) in [6, 6.07) is 14.9. The quantitative estimate of drug-likeness (QED) is 0.704. The molecule has 1 heterocycles. The van der Waals surface area contributed by atoms with Gasteiger partial charge in [-0.1, -0.05) is 25.1 Å². The van der Waals surface area contributed by atoms with Crippen molar-refractivity contribution in [1.82, 2.24) is 4.90 Å². The van der Waals surface area contributed by atoms with Gasteiger partial charge in [0.1, 0.15) is 0 Å². The van der Waals surface area contributed by atoms with Crippen LogP contribution in [0.3, 0.4) is 0 Å². The number of hydrogen-bond donors (Lipinski definition) is 2. The largest absolute Gasteiger partial charge is 0.325 e. The van der Waals surface area contributed by atoms with E-state index in [2.05, 4.69) is 10.6 Å². The van der Waals surface area contributed by atoms with Crippen molar-refractivity contribution < 1.29 is 14.4 Å². The van der Waals surface area contributed by atoms with Crippen LogP contribution < -0.4 is 15.5 Å². The molecule has 0 atom stereocenters. The van der Waals surface area contributed by atoms with Gasteiger partial charge in [0.25, 0.3) is 0 Å². The van der Waals surface area contributed by atoms with Crippen LogP contribution in [0.15, 0.2) is 48.5 Å². The predicted molar refractivity (Wildman–Crippen MR) is 119 cm³/mol. The molecule has 7 heteroatoms. The molecule has 1 aliphatic rings. The van der Waals surface area contributed by atoms with Gasteiger partial charge in [0.05, 0.1) is 13.1 Å². The minimum absolute atomic E-state index is 0.0925. The van der Waals surface area contributed by atoms with Crippen LogP contribution >= 0.6 is 0 Å². The fraction of sp³-hybridized carbons (Fsp3) is 0.348. The lowest BCUT2D eigenvalue weighted by atomic mass is 10.1. The Bertz CT molecular complexity index is 911. The Morgan fingerprint density at radius 2 is 1.67 bits per heavy atom. The third-order valence-electron chi connectivity index (χ3n) is 5.04. The maximum absolute atomic E-state index is 12.3. The second kappa shape index (κ2) is 10.0. The lowest BCUT2D eigenvalue weighted by Gasteiger charge is -2.18. The van der Waals surface area contributed by atoms with Gasteiger partial charge < -0.3 is 15.5 Å². The Hall–Kier alpha value is -3.19. The summed E-state index contributed by atoms with van der Waals surface area (Å²) in [6.07, 6.45) is 2.29. The maximum Gasteiger partial charge on any atom is 0.238 e. The van der Waals surface area contributed by atoms with Gasteiger partial charge in [0, 0.05) is 30.0 Å². The Morgan fingerprint density at radius 1 is 1.00 bits per heavy atom. The number of nitrogens with one attached hydrogen (secondary N) is 2. The molecule has 2 aromatic rings. The van der Waals surface area contributed by atoms with Crippen LogP contribution in [0.25, 0.3) is 0 Å². The van der Waals surface area contributed by atoms with Crippen molar-refractivity contribution in [2.45, 2.75) is 26.2 Å². The molecular formula is C23H28N4O3. The first-order valence-electron chi connectivity index (χ1n) is 10.2. The molecule has 7 nitrogen and oxygen atoms in total. The van der Waals surface area contributed by atoms with Crippen LogP contribution in [0.1, 0.15) is 25.3 Å². The van der Waals surface area contributed by atoms with Gasteiger partial charge >= 0.3 is 0 Å². The number of carbonyl (C=O) groups excluding carboxylic acids is 3. The zero-order valence-electron chi connectivity index (χ0n) is 17.5. The lowest BCUT2D eigenvalue weighted by Crippen LogP contribution is -2.36. The van der Waals surface area contributed by atoms with E-state index in [0.717, 1.165) is 36.3 Å². The van der Waals surface area contributed by atoms with Crippen molar-refractivity contribution in [1.29, 1.82) is 0 Å². The summed E-state index contributed by atoms with van der Waals surface area (Å²) in [5.41, 5.74) is 3.38. The Labute approximate surface area is 177 Å². The molecule has 0 saturated carbocycles. The summed E-state index contributed by atoms with van der Waals surface area (Å²) in [6.45, 7) is 2.98. The van der Waals surface area contributed by atoms with Crippen molar-refractivity contribution in [3.8, 4) is 0 Å². The standard InChI is InChI=1S/C23H28N4O3/c1-3-17-7-4-5-8-20(17)25-22(29)16-26(2)15-21(28)24-18-10-12-19(13-11-18)27-14-6-9-23(27)30/h4-5,7-8,10-13H,3,6,9,14-16H2,1-2H3,(H,24,28)(H,25,29). The van der Waals surface area contributed by atoms with Crippen molar-refractivity contribution in [3.63, 3.8) is 0 Å². The molecule has 0 aliphatic carbocycles. The molecule has 1 aliphatic heterocycles. The zero-order valence-corrected chi connectivity index (χ0v) is 17.5. The summed E-state index contributed by atoms with van der Waals surface area (Å²) < 4.78 is 0. The van der Waals surface area contributed by atoms with Crippen LogP contribution in [0.2, 0.25) is 0 Å². The average Bonchev–Trinajstić information content (AvgIpc) is 3.14. The van der Waals surface area contributed by atoms with Gasteiger partial charge in [-0.2, -0.15) is 0 Å². The van der Waals surface area contributed by atoms with Crippen LogP contribution in [-0.4, -0.2) is 49.3 Å². The van der Waals surface area contributed by atoms with Gasteiger partial charge in [0.15, 0.2) is 0 Å². The van der Waals surface area contributed by atoms with Gasteiger partial charge in [-0.15, -0.1) is 0 Å². The number of amides is 3. The number of benzene rings is 2. The zero-order chi connectivity index (χ0) is 21.5. The molecule has 0 unspecified atom stereocenters. The van der Waals surface area contributed by atoms with E-state index in [-0.39, 0.29) is 30.8 Å². The second-order valence-electron chi connectivity index (χ2n) is 7.48. The Balaban J connectivity index is 1.47. The first kappa shape index (κ1) is 21.5. The highest BCUT2D eigenvalue weighted by Gasteiger charge is 2.21. The first-order valence-corrected chi connectivity index (χ1v) is 10.2. The topological polar surface area (TPSA) is 81.8 Å². The van der Waals surface area contributed by atoms with E-state index >= 15 is 0 Å². The van der Waals surface area contributed by atoms with Gasteiger partial charge in [-0.25, -0.2) is 0 Å². The van der Waals surface area contributed by atoms with Crippen LogP contribution in [0.4, 0.5) is 17.1 Å². The van der Waals surface area contributed by atoms with Crippen molar-refractivity contribution >= 4 is 34.8 Å². The summed E-state index contributed by atoms with van der Waals surface area (Å²) in [7, 11) is 1.73. The molecule has 0 aromatic heterocycles. The highest BCUT2D eigenvalue weighted by molar-refractivity contribution is 5.97. The van der Waals surface area contributed by atoms with Crippen LogP contribution in [-0.2, 0) is 20.8 Å². The smallest absolute Gasteiger partial charge is 0.238 e. The molecule has 30 heavy (non-hydrogen) atoms. The summed E-state index contributed by atoms with van der Waals surface area (Å²) in [5, 5.41) is 5.73. The van der Waals surface area contributed by atoms with Crippen molar-refractivity contribution in [2.24, 2.45) is 0 Å². The lowest BCUT2D eigenvalue weighted by molar-refractivity contribution is -0.119. The SMILES string of the molecule is CCc1ccccc1NC(=O)CN(C)CC(=O)Nc1ccc(N2CCCC2=O)cc1. The number of anilines is 3. The van der Waals surface area contributed by atoms with E-state index in [1.807, 2.05) is 43.3 Å². The highest BCUT2D eigenvalue weighted by Crippen LogP contribution is 2.23. The molecule has 2 aromatic carbocycles. The monoisotopic (exact) mass is 408 g/mol. The molecule has 0 radical (unpaired) electrons.